The van der Waals surface area contributed by atoms with Crippen molar-refractivity contribution < 1.29 is 13.9 Å². The van der Waals surface area contributed by atoms with Crippen molar-refractivity contribution >= 4 is 17.4 Å². The minimum atomic E-state index is -0.343. The highest BCUT2D eigenvalue weighted by molar-refractivity contribution is 5.94. The van der Waals surface area contributed by atoms with Gasteiger partial charge in [0, 0.05) is 23.0 Å². The van der Waals surface area contributed by atoms with E-state index in [4.69, 9.17) is 4.74 Å². The van der Waals surface area contributed by atoms with Crippen LogP contribution in [0.5, 0.6) is 5.75 Å². The fraction of sp³-hybridized carbons (Fsp3) is 0.115. The summed E-state index contributed by atoms with van der Waals surface area (Å²) in [5.41, 5.74) is 2.85. The number of amides is 1. The summed E-state index contributed by atoms with van der Waals surface area (Å²) in [5.74, 6) is 1.21. The average Bonchev–Trinajstić information content (AvgIpc) is 2.84. The molecule has 1 aromatic heterocycles. The Labute approximate surface area is 191 Å². The zero-order valence-electron chi connectivity index (χ0n) is 18.2. The van der Waals surface area contributed by atoms with Gasteiger partial charge in [-0.25, -0.2) is 14.4 Å². The topological polar surface area (TPSA) is 76.1 Å². The van der Waals surface area contributed by atoms with Crippen LogP contribution in [0, 0.1) is 5.82 Å². The molecule has 4 rings (SSSR count). The molecule has 2 N–H and O–H groups in total. The van der Waals surface area contributed by atoms with Crippen LogP contribution in [0.3, 0.4) is 0 Å². The van der Waals surface area contributed by atoms with E-state index in [2.05, 4.69) is 20.6 Å². The molecule has 0 radical (unpaired) electrons. The average molecular weight is 442 g/mol. The Morgan fingerprint density at radius 3 is 2.55 bits per heavy atom. The highest BCUT2D eigenvalue weighted by Gasteiger charge is 2.12. The maximum atomic E-state index is 13.5. The van der Waals surface area contributed by atoms with Gasteiger partial charge in [-0.05, 0) is 67.1 Å². The SMILES string of the molecule is COc1cccc([C@@H](C)NC(=O)c2ccc(Nc3ccnc(-c4cccc(F)c4)n3)cc2)c1. The number of carbonyl (C=O) groups excluding carboxylic acids is 1. The third kappa shape index (κ3) is 5.51. The molecule has 0 aliphatic heterocycles. The lowest BCUT2D eigenvalue weighted by atomic mass is 10.1. The zero-order chi connectivity index (χ0) is 23.2. The molecular formula is C26H23FN4O2. The quantitative estimate of drug-likeness (QED) is 0.394. The Balaban J connectivity index is 1.42. The van der Waals surface area contributed by atoms with Gasteiger partial charge in [0.05, 0.1) is 13.2 Å². The summed E-state index contributed by atoms with van der Waals surface area (Å²) in [4.78, 5) is 21.3. The maximum absolute atomic E-state index is 13.5. The van der Waals surface area contributed by atoms with E-state index in [1.165, 1.54) is 12.1 Å². The largest absolute Gasteiger partial charge is 0.497 e. The summed E-state index contributed by atoms with van der Waals surface area (Å²) >= 11 is 0. The van der Waals surface area contributed by atoms with Crippen molar-refractivity contribution in [2.24, 2.45) is 0 Å². The Morgan fingerprint density at radius 1 is 1.00 bits per heavy atom. The second kappa shape index (κ2) is 9.91. The number of methoxy groups -OCH3 is 1. The summed E-state index contributed by atoms with van der Waals surface area (Å²) < 4.78 is 18.8. The van der Waals surface area contributed by atoms with Crippen LogP contribution in [0.15, 0.2) is 85.1 Å². The second-order valence-corrected chi connectivity index (χ2v) is 7.45. The van der Waals surface area contributed by atoms with Crippen LogP contribution in [-0.2, 0) is 0 Å². The molecule has 1 atom stereocenters. The first-order valence-electron chi connectivity index (χ1n) is 10.4. The predicted octanol–water partition coefficient (Wildman–Crippen LogP) is 5.53. The first kappa shape index (κ1) is 22.0. The maximum Gasteiger partial charge on any atom is 0.251 e. The number of rotatable bonds is 7. The first-order valence-corrected chi connectivity index (χ1v) is 10.4. The van der Waals surface area contributed by atoms with Crippen LogP contribution in [0.2, 0.25) is 0 Å². The van der Waals surface area contributed by atoms with E-state index in [0.29, 0.717) is 22.8 Å². The summed E-state index contributed by atoms with van der Waals surface area (Å²) in [6.07, 6.45) is 1.61. The molecule has 0 unspecified atom stereocenters. The molecule has 0 bridgehead atoms. The number of anilines is 2. The number of hydrogen-bond acceptors (Lipinski definition) is 5. The Morgan fingerprint density at radius 2 is 1.79 bits per heavy atom. The van der Waals surface area contributed by atoms with E-state index in [9.17, 15) is 9.18 Å². The zero-order valence-corrected chi connectivity index (χ0v) is 18.2. The normalized spacial score (nSPS) is 11.5. The molecule has 0 saturated carbocycles. The van der Waals surface area contributed by atoms with Crippen molar-refractivity contribution in [2.45, 2.75) is 13.0 Å². The number of benzene rings is 3. The standard InChI is InChI=1S/C26H23FN4O2/c1-17(19-5-4-8-23(16-19)33-2)29-26(32)18-9-11-22(12-10-18)30-24-13-14-28-25(31-24)20-6-3-7-21(27)15-20/h3-17H,1-2H3,(H,29,32)(H,28,30,31)/t17-/m1/s1. The van der Waals surface area contributed by atoms with Gasteiger partial charge < -0.3 is 15.4 Å². The number of ether oxygens (including phenoxy) is 1. The Kier molecular flexibility index (Phi) is 6.59. The number of aromatic nitrogens is 2. The van der Waals surface area contributed by atoms with E-state index >= 15 is 0 Å². The molecule has 3 aromatic carbocycles. The van der Waals surface area contributed by atoms with Gasteiger partial charge in [0.15, 0.2) is 5.82 Å². The molecule has 33 heavy (non-hydrogen) atoms. The van der Waals surface area contributed by atoms with Crippen molar-refractivity contribution in [3.63, 3.8) is 0 Å². The summed E-state index contributed by atoms with van der Waals surface area (Å²) in [7, 11) is 1.61. The lowest BCUT2D eigenvalue weighted by molar-refractivity contribution is 0.0940. The molecule has 0 fully saturated rings. The van der Waals surface area contributed by atoms with Crippen molar-refractivity contribution in [1.29, 1.82) is 0 Å². The molecule has 4 aromatic rings. The van der Waals surface area contributed by atoms with E-state index in [-0.39, 0.29) is 17.8 Å². The van der Waals surface area contributed by atoms with Crippen LogP contribution in [0.25, 0.3) is 11.4 Å². The van der Waals surface area contributed by atoms with E-state index in [1.54, 1.807) is 55.8 Å². The second-order valence-electron chi connectivity index (χ2n) is 7.45. The van der Waals surface area contributed by atoms with Gasteiger partial charge in [-0.1, -0.05) is 24.3 Å². The van der Waals surface area contributed by atoms with Crippen LogP contribution < -0.4 is 15.4 Å². The van der Waals surface area contributed by atoms with Gasteiger partial charge >= 0.3 is 0 Å². The fourth-order valence-corrected chi connectivity index (χ4v) is 3.32. The minimum Gasteiger partial charge on any atom is -0.497 e. The van der Waals surface area contributed by atoms with Gasteiger partial charge in [0.1, 0.15) is 17.4 Å². The molecular weight excluding hydrogens is 419 g/mol. The Hall–Kier alpha value is -4.26. The molecule has 0 aliphatic rings. The van der Waals surface area contributed by atoms with E-state index in [0.717, 1.165) is 17.0 Å². The van der Waals surface area contributed by atoms with Crippen LogP contribution in [0.4, 0.5) is 15.9 Å². The molecule has 0 saturated heterocycles. The molecule has 0 aliphatic carbocycles. The van der Waals surface area contributed by atoms with Gasteiger partial charge in [-0.2, -0.15) is 0 Å². The lowest BCUT2D eigenvalue weighted by Crippen LogP contribution is -2.26. The first-order chi connectivity index (χ1) is 16.0. The van der Waals surface area contributed by atoms with E-state index < -0.39 is 0 Å². The monoisotopic (exact) mass is 442 g/mol. The van der Waals surface area contributed by atoms with Crippen molar-refractivity contribution in [3.05, 3.63) is 102 Å². The van der Waals surface area contributed by atoms with Crippen LogP contribution in [0.1, 0.15) is 28.9 Å². The fourth-order valence-electron chi connectivity index (χ4n) is 3.32. The number of carbonyl (C=O) groups is 1. The highest BCUT2D eigenvalue weighted by Crippen LogP contribution is 2.21. The molecule has 0 spiro atoms. The molecule has 7 heteroatoms. The molecule has 1 heterocycles. The third-order valence-electron chi connectivity index (χ3n) is 5.10. The number of nitrogens with one attached hydrogen (secondary N) is 2. The molecule has 6 nitrogen and oxygen atoms in total. The Bertz CT molecular complexity index is 1260. The summed E-state index contributed by atoms with van der Waals surface area (Å²) in [5, 5.41) is 6.18. The minimum absolute atomic E-state index is 0.173. The van der Waals surface area contributed by atoms with Crippen molar-refractivity contribution in [2.75, 3.05) is 12.4 Å². The highest BCUT2D eigenvalue weighted by atomic mass is 19.1. The lowest BCUT2D eigenvalue weighted by Gasteiger charge is -2.15. The number of nitrogens with zero attached hydrogens (tertiary/aromatic N) is 2. The molecule has 1 amide bonds. The predicted molar refractivity (Wildman–Crippen MR) is 126 cm³/mol. The number of hydrogen-bond donors (Lipinski definition) is 2. The van der Waals surface area contributed by atoms with Gasteiger partial charge in [0.25, 0.3) is 5.91 Å². The van der Waals surface area contributed by atoms with Crippen molar-refractivity contribution in [3.8, 4) is 17.1 Å². The van der Waals surface area contributed by atoms with Gasteiger partial charge in [-0.3, -0.25) is 4.79 Å². The summed E-state index contributed by atoms with van der Waals surface area (Å²) in [6.45, 7) is 1.92. The van der Waals surface area contributed by atoms with Crippen LogP contribution in [-0.4, -0.2) is 23.0 Å². The van der Waals surface area contributed by atoms with E-state index in [1.807, 2.05) is 31.2 Å². The molecule has 166 valence electrons. The van der Waals surface area contributed by atoms with Crippen LogP contribution >= 0.6 is 0 Å². The third-order valence-corrected chi connectivity index (χ3v) is 5.10. The van der Waals surface area contributed by atoms with Crippen molar-refractivity contribution in [1.82, 2.24) is 15.3 Å². The van der Waals surface area contributed by atoms with Gasteiger partial charge in [0.2, 0.25) is 0 Å². The smallest absolute Gasteiger partial charge is 0.251 e. The summed E-state index contributed by atoms with van der Waals surface area (Å²) in [6, 6.07) is 22.4. The number of halogens is 1. The van der Waals surface area contributed by atoms with Gasteiger partial charge in [-0.15, -0.1) is 0 Å².